The van der Waals surface area contributed by atoms with Gasteiger partial charge in [0.15, 0.2) is 11.5 Å². The SMILES string of the molecule is CCOC(=O)c1c(-c2ccc(OC)cc2)csc1NC(=O)/C=C/c1ccc(OC(C)C)c(OC)c1. The molecular formula is C27H29NO6S. The van der Waals surface area contributed by atoms with Crippen LogP contribution in [0.15, 0.2) is 53.9 Å². The Balaban J connectivity index is 1.82. The molecule has 0 unspecified atom stereocenters. The van der Waals surface area contributed by atoms with Gasteiger partial charge in [-0.15, -0.1) is 11.3 Å². The van der Waals surface area contributed by atoms with E-state index < -0.39 is 5.97 Å². The molecule has 1 heterocycles. The maximum atomic E-state index is 12.7. The molecule has 0 saturated heterocycles. The normalized spacial score (nSPS) is 10.9. The fourth-order valence-corrected chi connectivity index (χ4v) is 4.26. The molecule has 1 aromatic heterocycles. The van der Waals surface area contributed by atoms with Crippen molar-refractivity contribution in [2.45, 2.75) is 26.9 Å². The van der Waals surface area contributed by atoms with E-state index >= 15 is 0 Å². The summed E-state index contributed by atoms with van der Waals surface area (Å²) in [6.07, 6.45) is 3.08. The van der Waals surface area contributed by atoms with Gasteiger partial charge in [-0.1, -0.05) is 18.2 Å². The van der Waals surface area contributed by atoms with Gasteiger partial charge in [-0.05, 0) is 62.2 Å². The number of hydrogen-bond donors (Lipinski definition) is 1. The second kappa shape index (κ2) is 12.1. The molecular weight excluding hydrogens is 466 g/mol. The van der Waals surface area contributed by atoms with E-state index in [0.29, 0.717) is 33.4 Å². The first-order valence-corrected chi connectivity index (χ1v) is 12.0. The van der Waals surface area contributed by atoms with Crippen LogP contribution in [-0.4, -0.2) is 38.8 Å². The van der Waals surface area contributed by atoms with Gasteiger partial charge < -0.3 is 24.3 Å². The van der Waals surface area contributed by atoms with Crippen molar-refractivity contribution in [3.63, 3.8) is 0 Å². The standard InChI is InChI=1S/C27H29NO6S/c1-6-33-27(30)25-21(19-9-11-20(31-4)12-10-19)16-35-26(25)28-24(29)14-8-18-7-13-22(34-17(2)3)23(15-18)32-5/h7-17H,6H2,1-5H3,(H,28,29)/b14-8+. The van der Waals surface area contributed by atoms with Gasteiger partial charge >= 0.3 is 5.97 Å². The summed E-state index contributed by atoms with van der Waals surface area (Å²) in [6, 6.07) is 12.8. The lowest BCUT2D eigenvalue weighted by molar-refractivity contribution is -0.111. The van der Waals surface area contributed by atoms with Crippen molar-refractivity contribution in [3.05, 3.63) is 65.0 Å². The smallest absolute Gasteiger partial charge is 0.341 e. The summed E-state index contributed by atoms with van der Waals surface area (Å²) >= 11 is 1.26. The van der Waals surface area contributed by atoms with Crippen LogP contribution in [0.2, 0.25) is 0 Å². The molecule has 0 aliphatic heterocycles. The molecule has 0 aliphatic carbocycles. The molecule has 0 bridgehead atoms. The van der Waals surface area contributed by atoms with E-state index in [9.17, 15) is 9.59 Å². The van der Waals surface area contributed by atoms with Crippen LogP contribution < -0.4 is 19.5 Å². The lowest BCUT2D eigenvalue weighted by Crippen LogP contribution is -2.12. The van der Waals surface area contributed by atoms with Gasteiger partial charge in [-0.25, -0.2) is 4.79 Å². The topological polar surface area (TPSA) is 83.1 Å². The predicted molar refractivity (Wildman–Crippen MR) is 139 cm³/mol. The van der Waals surface area contributed by atoms with Crippen molar-refractivity contribution in [1.29, 1.82) is 0 Å². The number of nitrogens with one attached hydrogen (secondary N) is 1. The van der Waals surface area contributed by atoms with E-state index in [-0.39, 0.29) is 18.6 Å². The Labute approximate surface area is 209 Å². The number of anilines is 1. The summed E-state index contributed by atoms with van der Waals surface area (Å²) in [5.41, 5.74) is 2.59. The predicted octanol–water partition coefficient (Wildman–Crippen LogP) is 6.05. The molecule has 8 heteroatoms. The number of benzene rings is 2. The van der Waals surface area contributed by atoms with Gasteiger partial charge in [0.25, 0.3) is 0 Å². The number of rotatable bonds is 10. The van der Waals surface area contributed by atoms with Crippen LogP contribution in [-0.2, 0) is 9.53 Å². The maximum absolute atomic E-state index is 12.7. The maximum Gasteiger partial charge on any atom is 0.341 e. The summed E-state index contributed by atoms with van der Waals surface area (Å²) in [4.78, 5) is 25.4. The first-order chi connectivity index (χ1) is 16.9. The zero-order chi connectivity index (χ0) is 25.4. The molecule has 3 rings (SSSR count). The van der Waals surface area contributed by atoms with E-state index in [4.69, 9.17) is 18.9 Å². The average Bonchev–Trinajstić information content (AvgIpc) is 3.26. The minimum Gasteiger partial charge on any atom is -0.497 e. The van der Waals surface area contributed by atoms with Crippen LogP contribution in [0.25, 0.3) is 17.2 Å². The van der Waals surface area contributed by atoms with Gasteiger partial charge in [-0.3, -0.25) is 4.79 Å². The fraction of sp³-hybridized carbons (Fsp3) is 0.259. The van der Waals surface area contributed by atoms with Crippen molar-refractivity contribution in [2.24, 2.45) is 0 Å². The van der Waals surface area contributed by atoms with Gasteiger partial charge in [0.1, 0.15) is 16.3 Å². The number of thiophene rings is 1. The Morgan fingerprint density at radius 1 is 1.03 bits per heavy atom. The summed E-state index contributed by atoms with van der Waals surface area (Å²) in [5, 5.41) is 5.05. The highest BCUT2D eigenvalue weighted by molar-refractivity contribution is 7.15. The second-order valence-electron chi connectivity index (χ2n) is 7.70. The molecule has 184 valence electrons. The van der Waals surface area contributed by atoms with Crippen LogP contribution in [0.5, 0.6) is 17.2 Å². The van der Waals surface area contributed by atoms with E-state index in [2.05, 4.69) is 5.32 Å². The third-order valence-corrected chi connectivity index (χ3v) is 5.78. The highest BCUT2D eigenvalue weighted by Crippen LogP contribution is 2.37. The number of carbonyl (C=O) groups is 2. The minimum absolute atomic E-state index is 0.0123. The van der Waals surface area contributed by atoms with Crippen molar-refractivity contribution in [2.75, 3.05) is 26.1 Å². The zero-order valence-corrected chi connectivity index (χ0v) is 21.2. The van der Waals surface area contributed by atoms with Gasteiger partial charge in [0.05, 0.1) is 26.9 Å². The Morgan fingerprint density at radius 2 is 1.77 bits per heavy atom. The lowest BCUT2D eigenvalue weighted by Gasteiger charge is -2.13. The third-order valence-electron chi connectivity index (χ3n) is 4.89. The molecule has 0 aliphatic rings. The number of esters is 1. The first kappa shape index (κ1) is 25.8. The van der Waals surface area contributed by atoms with Gasteiger partial charge in [0.2, 0.25) is 5.91 Å². The largest absolute Gasteiger partial charge is 0.497 e. The van der Waals surface area contributed by atoms with Gasteiger partial charge in [0, 0.05) is 17.0 Å². The zero-order valence-electron chi connectivity index (χ0n) is 20.4. The van der Waals surface area contributed by atoms with Crippen LogP contribution in [0.3, 0.4) is 0 Å². The highest BCUT2D eigenvalue weighted by Gasteiger charge is 2.22. The summed E-state index contributed by atoms with van der Waals surface area (Å²) in [7, 11) is 3.16. The summed E-state index contributed by atoms with van der Waals surface area (Å²) in [5.74, 6) is 1.05. The fourth-order valence-electron chi connectivity index (χ4n) is 3.30. The van der Waals surface area contributed by atoms with Crippen molar-refractivity contribution in [3.8, 4) is 28.4 Å². The van der Waals surface area contributed by atoms with Crippen molar-refractivity contribution < 1.29 is 28.5 Å². The van der Waals surface area contributed by atoms with Crippen LogP contribution in [0.1, 0.15) is 36.7 Å². The number of amides is 1. The molecule has 1 amide bonds. The lowest BCUT2D eigenvalue weighted by atomic mass is 10.0. The Hall–Kier alpha value is -3.78. The molecule has 0 spiro atoms. The molecule has 7 nitrogen and oxygen atoms in total. The third kappa shape index (κ3) is 6.64. The van der Waals surface area contributed by atoms with Crippen LogP contribution in [0.4, 0.5) is 5.00 Å². The molecule has 0 radical (unpaired) electrons. The average molecular weight is 496 g/mol. The molecule has 2 aromatic carbocycles. The molecule has 35 heavy (non-hydrogen) atoms. The highest BCUT2D eigenvalue weighted by atomic mass is 32.1. The number of methoxy groups -OCH3 is 2. The minimum atomic E-state index is -0.496. The Morgan fingerprint density at radius 3 is 2.40 bits per heavy atom. The molecule has 1 N–H and O–H groups in total. The quantitative estimate of drug-likeness (QED) is 0.272. The number of ether oxygens (including phenoxy) is 4. The molecule has 0 fully saturated rings. The summed E-state index contributed by atoms with van der Waals surface area (Å²) < 4.78 is 21.6. The van der Waals surface area contributed by atoms with Gasteiger partial charge in [-0.2, -0.15) is 0 Å². The Bertz CT molecular complexity index is 1200. The van der Waals surface area contributed by atoms with Crippen molar-refractivity contribution in [1.82, 2.24) is 0 Å². The van der Waals surface area contributed by atoms with E-state index in [0.717, 1.165) is 11.1 Å². The van der Waals surface area contributed by atoms with Crippen molar-refractivity contribution >= 4 is 34.3 Å². The molecule has 3 aromatic rings. The molecule has 0 saturated carbocycles. The van der Waals surface area contributed by atoms with Crippen LogP contribution >= 0.6 is 11.3 Å². The summed E-state index contributed by atoms with van der Waals surface area (Å²) in [6.45, 7) is 5.84. The second-order valence-corrected chi connectivity index (χ2v) is 8.58. The van der Waals surface area contributed by atoms with E-state index in [1.807, 2.05) is 49.6 Å². The monoisotopic (exact) mass is 495 g/mol. The van der Waals surface area contributed by atoms with E-state index in [1.165, 1.54) is 17.4 Å². The number of carbonyl (C=O) groups excluding carboxylic acids is 2. The van der Waals surface area contributed by atoms with E-state index in [1.54, 1.807) is 39.4 Å². The number of hydrogen-bond acceptors (Lipinski definition) is 7. The molecule has 0 atom stereocenters. The van der Waals surface area contributed by atoms with Crippen LogP contribution in [0, 0.1) is 0 Å². The first-order valence-electron chi connectivity index (χ1n) is 11.1. The Kier molecular flexibility index (Phi) is 8.92.